The molecule has 0 bridgehead atoms. The molecule has 1 N–H and O–H groups in total. The first-order valence-corrected chi connectivity index (χ1v) is 7.60. The molecular formula is C17H27NO2. The molecule has 0 amide bonds. The summed E-state index contributed by atoms with van der Waals surface area (Å²) >= 11 is 0. The van der Waals surface area contributed by atoms with Gasteiger partial charge in [-0.25, -0.2) is 0 Å². The van der Waals surface area contributed by atoms with E-state index in [4.69, 9.17) is 9.47 Å². The lowest BCUT2D eigenvalue weighted by atomic mass is 9.85. The first-order valence-electron chi connectivity index (χ1n) is 7.60. The Morgan fingerprint density at radius 2 is 2.10 bits per heavy atom. The molecule has 112 valence electrons. The van der Waals surface area contributed by atoms with Gasteiger partial charge in [-0.1, -0.05) is 32.9 Å². The van der Waals surface area contributed by atoms with Gasteiger partial charge in [-0.2, -0.15) is 0 Å². The smallest absolute Gasteiger partial charge is 0.128 e. The van der Waals surface area contributed by atoms with E-state index in [-0.39, 0.29) is 12.2 Å². The maximum absolute atomic E-state index is 6.24. The Hall–Kier alpha value is -1.06. The monoisotopic (exact) mass is 277 g/mol. The zero-order valence-corrected chi connectivity index (χ0v) is 13.3. The van der Waals surface area contributed by atoms with Gasteiger partial charge < -0.3 is 14.8 Å². The van der Waals surface area contributed by atoms with Gasteiger partial charge in [0.2, 0.25) is 0 Å². The van der Waals surface area contributed by atoms with Crippen molar-refractivity contribution in [2.24, 2.45) is 0 Å². The molecule has 3 atom stereocenters. The summed E-state index contributed by atoms with van der Waals surface area (Å²) < 4.78 is 11.8. The summed E-state index contributed by atoms with van der Waals surface area (Å²) in [6.45, 7) is 9.60. The number of rotatable bonds is 6. The Kier molecular flexibility index (Phi) is 5.06. The largest absolute Gasteiger partial charge is 0.487 e. The fraction of sp³-hybridized carbons (Fsp3) is 0.647. The molecule has 0 heterocycles. The van der Waals surface area contributed by atoms with Crippen molar-refractivity contribution in [3.8, 4) is 5.75 Å². The Balaban J connectivity index is 2.09. The van der Waals surface area contributed by atoms with Crippen molar-refractivity contribution >= 4 is 0 Å². The Morgan fingerprint density at radius 3 is 2.70 bits per heavy atom. The van der Waals surface area contributed by atoms with Crippen molar-refractivity contribution in [3.63, 3.8) is 0 Å². The summed E-state index contributed by atoms with van der Waals surface area (Å²) in [5.41, 5.74) is 2.51. The van der Waals surface area contributed by atoms with Crippen LogP contribution >= 0.6 is 0 Å². The topological polar surface area (TPSA) is 30.5 Å². The van der Waals surface area contributed by atoms with Crippen molar-refractivity contribution < 1.29 is 9.47 Å². The van der Waals surface area contributed by atoms with Gasteiger partial charge in [0.25, 0.3) is 0 Å². The number of hydrogen-bond donors (Lipinski definition) is 1. The third kappa shape index (κ3) is 3.15. The molecule has 3 nitrogen and oxygen atoms in total. The molecule has 3 unspecified atom stereocenters. The van der Waals surface area contributed by atoms with Crippen LogP contribution in [-0.2, 0) is 4.74 Å². The van der Waals surface area contributed by atoms with Gasteiger partial charge in [-0.05, 0) is 36.6 Å². The van der Waals surface area contributed by atoms with Gasteiger partial charge in [-0.3, -0.25) is 0 Å². The number of hydrogen-bond acceptors (Lipinski definition) is 3. The minimum Gasteiger partial charge on any atom is -0.487 e. The van der Waals surface area contributed by atoms with E-state index in [2.05, 4.69) is 51.2 Å². The first kappa shape index (κ1) is 15.3. The van der Waals surface area contributed by atoms with E-state index in [1.807, 2.05) is 0 Å². The summed E-state index contributed by atoms with van der Waals surface area (Å²) in [7, 11) is 1.77. The van der Waals surface area contributed by atoms with E-state index >= 15 is 0 Å². The number of methoxy groups -OCH3 is 1. The first-order chi connectivity index (χ1) is 9.56. The lowest BCUT2D eigenvalue weighted by molar-refractivity contribution is -0.0887. The number of likely N-dealkylation sites (N-methyl/N-ethyl adjacent to an activating group) is 1. The van der Waals surface area contributed by atoms with Crippen LogP contribution < -0.4 is 10.1 Å². The molecular weight excluding hydrogens is 250 g/mol. The molecule has 1 aliphatic carbocycles. The van der Waals surface area contributed by atoms with Crippen LogP contribution in [0, 0.1) is 6.92 Å². The highest BCUT2D eigenvalue weighted by Crippen LogP contribution is 2.33. The van der Waals surface area contributed by atoms with E-state index in [9.17, 15) is 0 Å². The molecule has 0 spiro atoms. The van der Waals surface area contributed by atoms with Crippen molar-refractivity contribution in [2.75, 3.05) is 13.7 Å². The molecule has 0 radical (unpaired) electrons. The van der Waals surface area contributed by atoms with E-state index in [1.54, 1.807) is 7.11 Å². The van der Waals surface area contributed by atoms with Crippen LogP contribution in [0.2, 0.25) is 0 Å². The molecule has 0 aliphatic heterocycles. The molecule has 1 saturated carbocycles. The average Bonchev–Trinajstić information content (AvgIpc) is 2.37. The van der Waals surface area contributed by atoms with Gasteiger partial charge in [0.05, 0.1) is 0 Å². The normalized spacial score (nSPS) is 25.6. The highest BCUT2D eigenvalue weighted by Gasteiger charge is 2.43. The fourth-order valence-corrected chi connectivity index (χ4v) is 2.86. The molecule has 2 rings (SSSR count). The lowest BCUT2D eigenvalue weighted by Gasteiger charge is -2.43. The Labute approximate surface area is 122 Å². The number of nitrogens with one attached hydrogen (secondary N) is 1. The minimum absolute atomic E-state index is 0.149. The maximum atomic E-state index is 6.24. The summed E-state index contributed by atoms with van der Waals surface area (Å²) in [4.78, 5) is 0. The molecule has 20 heavy (non-hydrogen) atoms. The predicted molar refractivity (Wildman–Crippen MR) is 82.6 cm³/mol. The van der Waals surface area contributed by atoms with Crippen molar-refractivity contribution in [1.82, 2.24) is 5.32 Å². The molecule has 1 aromatic carbocycles. The summed E-state index contributed by atoms with van der Waals surface area (Å²) in [5.74, 6) is 1.48. The molecule has 1 aliphatic rings. The van der Waals surface area contributed by atoms with Crippen LogP contribution in [0.5, 0.6) is 5.75 Å². The quantitative estimate of drug-likeness (QED) is 0.865. The summed E-state index contributed by atoms with van der Waals surface area (Å²) in [6.07, 6.45) is 1.32. The standard InChI is InChI=1S/C17H27NO2/c1-6-18-14-10-16(17(14)19-5)20-15-9-12(4)7-8-13(15)11(2)3/h7-9,11,14,16-18H,6,10H2,1-5H3. The molecule has 0 aromatic heterocycles. The van der Waals surface area contributed by atoms with E-state index in [0.29, 0.717) is 12.0 Å². The predicted octanol–water partition coefficient (Wildman–Crippen LogP) is 3.26. The van der Waals surface area contributed by atoms with Crippen molar-refractivity contribution in [1.29, 1.82) is 0 Å². The molecule has 1 aromatic rings. The van der Waals surface area contributed by atoms with Crippen LogP contribution in [0.4, 0.5) is 0 Å². The molecule has 3 heteroatoms. The average molecular weight is 277 g/mol. The van der Waals surface area contributed by atoms with E-state index in [1.165, 1.54) is 11.1 Å². The van der Waals surface area contributed by atoms with Crippen molar-refractivity contribution in [2.45, 2.75) is 58.3 Å². The van der Waals surface area contributed by atoms with Crippen molar-refractivity contribution in [3.05, 3.63) is 29.3 Å². The van der Waals surface area contributed by atoms with Gasteiger partial charge in [0.1, 0.15) is 18.0 Å². The number of ether oxygens (including phenoxy) is 2. The number of aryl methyl sites for hydroxylation is 1. The van der Waals surface area contributed by atoms with Crippen LogP contribution in [0.3, 0.4) is 0 Å². The van der Waals surface area contributed by atoms with Crippen LogP contribution in [0.25, 0.3) is 0 Å². The third-order valence-corrected chi connectivity index (χ3v) is 4.06. The van der Waals surface area contributed by atoms with Gasteiger partial charge in [-0.15, -0.1) is 0 Å². The second-order valence-corrected chi connectivity index (χ2v) is 5.95. The highest BCUT2D eigenvalue weighted by atomic mass is 16.5. The number of benzene rings is 1. The SMILES string of the molecule is CCNC1CC(Oc2cc(C)ccc2C(C)C)C1OC. The van der Waals surface area contributed by atoms with Crippen LogP contribution in [0.1, 0.15) is 44.2 Å². The van der Waals surface area contributed by atoms with Gasteiger partial charge in [0, 0.05) is 19.6 Å². The zero-order chi connectivity index (χ0) is 14.7. The minimum atomic E-state index is 0.149. The maximum Gasteiger partial charge on any atom is 0.128 e. The third-order valence-electron chi connectivity index (χ3n) is 4.06. The van der Waals surface area contributed by atoms with Gasteiger partial charge >= 0.3 is 0 Å². The molecule has 1 fully saturated rings. The van der Waals surface area contributed by atoms with Gasteiger partial charge in [0.15, 0.2) is 0 Å². The summed E-state index contributed by atoms with van der Waals surface area (Å²) in [6, 6.07) is 6.89. The lowest BCUT2D eigenvalue weighted by Crippen LogP contribution is -2.60. The summed E-state index contributed by atoms with van der Waals surface area (Å²) in [5, 5.41) is 3.44. The Morgan fingerprint density at radius 1 is 1.35 bits per heavy atom. The zero-order valence-electron chi connectivity index (χ0n) is 13.3. The Bertz CT molecular complexity index is 445. The fourth-order valence-electron chi connectivity index (χ4n) is 2.86. The molecule has 0 saturated heterocycles. The van der Waals surface area contributed by atoms with E-state index in [0.717, 1.165) is 18.7 Å². The highest BCUT2D eigenvalue weighted by molar-refractivity contribution is 5.39. The van der Waals surface area contributed by atoms with Crippen LogP contribution in [0.15, 0.2) is 18.2 Å². The van der Waals surface area contributed by atoms with Crippen LogP contribution in [-0.4, -0.2) is 31.9 Å². The van der Waals surface area contributed by atoms with E-state index < -0.39 is 0 Å². The second kappa shape index (κ2) is 6.59. The second-order valence-electron chi connectivity index (χ2n) is 5.95.